The lowest BCUT2D eigenvalue weighted by molar-refractivity contribution is 0.0589. The molecule has 0 bridgehead atoms. The smallest absolute Gasteiger partial charge is 0.341 e. The van der Waals surface area contributed by atoms with Crippen LogP contribution in [-0.2, 0) is 44.9 Å². The van der Waals surface area contributed by atoms with Crippen molar-refractivity contribution in [3.8, 4) is 0 Å². The fourth-order valence-electron chi connectivity index (χ4n) is 2.80. The number of nitrogens with zero attached hydrogens (tertiary/aromatic N) is 4. The van der Waals surface area contributed by atoms with Gasteiger partial charge in [-0.3, -0.25) is 9.36 Å². The van der Waals surface area contributed by atoms with Crippen LogP contribution >= 0.6 is 0 Å². The van der Waals surface area contributed by atoms with Crippen LogP contribution in [0.5, 0.6) is 0 Å². The second-order valence-electron chi connectivity index (χ2n) is 6.65. The van der Waals surface area contributed by atoms with Crippen molar-refractivity contribution >= 4 is 11.9 Å². The van der Waals surface area contributed by atoms with Crippen molar-refractivity contribution in [2.45, 2.75) is 38.8 Å². The predicted octanol–water partition coefficient (Wildman–Crippen LogP) is 2.25. The third-order valence-corrected chi connectivity index (χ3v) is 4.32. The molecule has 10 nitrogen and oxygen atoms in total. The lowest BCUT2D eigenvalue weighted by Crippen LogP contribution is -2.15. The lowest BCUT2D eigenvalue weighted by Gasteiger charge is -2.08. The van der Waals surface area contributed by atoms with E-state index < -0.39 is 37.9 Å². The van der Waals surface area contributed by atoms with E-state index in [9.17, 15) is 27.2 Å². The van der Waals surface area contributed by atoms with Gasteiger partial charge in [-0.2, -0.15) is 10.2 Å². The molecule has 0 N–H and O–H groups in total. The highest BCUT2D eigenvalue weighted by Crippen LogP contribution is 2.13. The van der Waals surface area contributed by atoms with Gasteiger partial charge in [-0.15, -0.1) is 0 Å². The fourth-order valence-corrected chi connectivity index (χ4v) is 2.80. The maximum Gasteiger partial charge on any atom is 0.341 e. The normalized spacial score (nSPS) is 10.9. The molecule has 2 aromatic rings. The highest BCUT2D eigenvalue weighted by atomic mass is 19.3. The summed E-state index contributed by atoms with van der Waals surface area (Å²) in [6, 6.07) is 0. The standard InChI is InChI=1S/2C10H14F2N2O3/c1-16-4-3-8-7(10(15)17-2)5-14(13-8)6-9(11)12;1-16-4-3-8-7(10(15)17-2)5-13-14(8)6-9(11)12/h2*5,9H,3-4,6H2,1-2H3. The summed E-state index contributed by atoms with van der Waals surface area (Å²) < 4.78 is 70.0. The van der Waals surface area contributed by atoms with Crippen molar-refractivity contribution in [1.82, 2.24) is 19.6 Å². The molecule has 0 aromatic carbocycles. The molecule has 0 aliphatic carbocycles. The van der Waals surface area contributed by atoms with Gasteiger partial charge in [0.1, 0.15) is 24.2 Å². The van der Waals surface area contributed by atoms with Crippen molar-refractivity contribution in [2.24, 2.45) is 0 Å². The Balaban J connectivity index is 0.000000340. The largest absolute Gasteiger partial charge is 0.465 e. The van der Waals surface area contributed by atoms with Crippen molar-refractivity contribution in [2.75, 3.05) is 41.7 Å². The Morgan fingerprint density at radius 3 is 1.97 bits per heavy atom. The SMILES string of the molecule is COCCc1c(C(=O)OC)cnn1CC(F)F.COCCc1nn(CC(F)F)cc1C(=O)OC. The summed E-state index contributed by atoms with van der Waals surface area (Å²) in [5, 5.41) is 7.67. The summed E-state index contributed by atoms with van der Waals surface area (Å²) in [6.45, 7) is -0.415. The summed E-state index contributed by atoms with van der Waals surface area (Å²) >= 11 is 0. The van der Waals surface area contributed by atoms with E-state index in [0.717, 1.165) is 9.36 Å². The van der Waals surface area contributed by atoms with Crippen LogP contribution < -0.4 is 0 Å². The van der Waals surface area contributed by atoms with Crippen LogP contribution in [0.1, 0.15) is 32.1 Å². The average Bonchev–Trinajstić information content (AvgIpc) is 3.38. The molecule has 192 valence electrons. The number of carbonyl (C=O) groups excluding carboxylic acids is 2. The molecule has 2 rings (SSSR count). The van der Waals surface area contributed by atoms with E-state index in [2.05, 4.69) is 19.7 Å². The highest BCUT2D eigenvalue weighted by molar-refractivity contribution is 5.90. The first-order valence-electron chi connectivity index (χ1n) is 10.00. The topological polar surface area (TPSA) is 107 Å². The zero-order valence-corrected chi connectivity index (χ0v) is 19.3. The summed E-state index contributed by atoms with van der Waals surface area (Å²) in [5.74, 6) is -1.17. The van der Waals surface area contributed by atoms with E-state index in [-0.39, 0.29) is 11.1 Å². The molecule has 0 aliphatic rings. The van der Waals surface area contributed by atoms with Crippen LogP contribution in [0.4, 0.5) is 17.6 Å². The Hall–Kier alpha value is -3.00. The zero-order valence-electron chi connectivity index (χ0n) is 19.3. The number of rotatable bonds is 12. The molecule has 0 atom stereocenters. The van der Waals surface area contributed by atoms with Gasteiger partial charge in [0, 0.05) is 33.3 Å². The van der Waals surface area contributed by atoms with Gasteiger partial charge in [0.2, 0.25) is 0 Å². The predicted molar refractivity (Wildman–Crippen MR) is 110 cm³/mol. The van der Waals surface area contributed by atoms with Crippen molar-refractivity contribution in [1.29, 1.82) is 0 Å². The van der Waals surface area contributed by atoms with E-state index in [1.54, 1.807) is 0 Å². The van der Waals surface area contributed by atoms with E-state index in [1.165, 1.54) is 40.8 Å². The van der Waals surface area contributed by atoms with Gasteiger partial charge in [0.05, 0.1) is 45.0 Å². The van der Waals surface area contributed by atoms with Gasteiger partial charge < -0.3 is 18.9 Å². The average molecular weight is 496 g/mol. The quantitative estimate of drug-likeness (QED) is 0.325. The summed E-state index contributed by atoms with van der Waals surface area (Å²) in [6.07, 6.45) is -1.84. The van der Waals surface area contributed by atoms with Crippen LogP contribution in [0, 0.1) is 0 Å². The molecule has 34 heavy (non-hydrogen) atoms. The summed E-state index contributed by atoms with van der Waals surface area (Å²) in [4.78, 5) is 22.8. The van der Waals surface area contributed by atoms with Gasteiger partial charge in [-0.1, -0.05) is 0 Å². The third kappa shape index (κ3) is 9.09. The fraction of sp³-hybridized carbons (Fsp3) is 0.600. The second-order valence-corrected chi connectivity index (χ2v) is 6.65. The van der Waals surface area contributed by atoms with Crippen LogP contribution in [0.2, 0.25) is 0 Å². The van der Waals surface area contributed by atoms with Gasteiger partial charge >= 0.3 is 11.9 Å². The van der Waals surface area contributed by atoms with Crippen LogP contribution in [0.25, 0.3) is 0 Å². The summed E-state index contributed by atoms with van der Waals surface area (Å²) in [5.41, 5.74) is 1.20. The maximum atomic E-state index is 12.3. The first-order chi connectivity index (χ1) is 16.2. The lowest BCUT2D eigenvalue weighted by atomic mass is 10.2. The second kappa shape index (κ2) is 15.0. The summed E-state index contributed by atoms with van der Waals surface area (Å²) in [7, 11) is 5.46. The molecule has 14 heteroatoms. The minimum atomic E-state index is -2.53. The van der Waals surface area contributed by atoms with E-state index in [4.69, 9.17) is 9.47 Å². The molecule has 0 unspecified atom stereocenters. The first kappa shape index (κ1) is 29.0. The highest BCUT2D eigenvalue weighted by Gasteiger charge is 2.20. The number of carbonyl (C=O) groups is 2. The number of alkyl halides is 4. The van der Waals surface area contributed by atoms with Gasteiger partial charge in [0.25, 0.3) is 12.9 Å². The Labute approximate surface area is 193 Å². The molecule has 0 saturated carbocycles. The van der Waals surface area contributed by atoms with Crippen LogP contribution in [-0.4, -0.2) is 86.0 Å². The molecule has 0 amide bonds. The first-order valence-corrected chi connectivity index (χ1v) is 10.00. The molecule has 0 saturated heterocycles. The molecular weight excluding hydrogens is 468 g/mol. The van der Waals surface area contributed by atoms with E-state index in [0.29, 0.717) is 37.4 Å². The minimum absolute atomic E-state index is 0.199. The van der Waals surface area contributed by atoms with Crippen LogP contribution in [0.15, 0.2) is 12.4 Å². The Bertz CT molecular complexity index is 890. The van der Waals surface area contributed by atoms with Gasteiger partial charge in [0.15, 0.2) is 0 Å². The number of aromatic nitrogens is 4. The molecule has 2 heterocycles. The van der Waals surface area contributed by atoms with E-state index >= 15 is 0 Å². The molecule has 0 fully saturated rings. The van der Waals surface area contributed by atoms with Crippen molar-refractivity contribution in [3.05, 3.63) is 34.9 Å². The molecule has 0 radical (unpaired) electrons. The molecule has 0 aliphatic heterocycles. The Morgan fingerprint density at radius 2 is 1.44 bits per heavy atom. The van der Waals surface area contributed by atoms with Crippen molar-refractivity contribution < 1.29 is 46.1 Å². The minimum Gasteiger partial charge on any atom is -0.465 e. The van der Waals surface area contributed by atoms with Gasteiger partial charge in [-0.05, 0) is 0 Å². The zero-order chi connectivity index (χ0) is 25.7. The number of hydrogen-bond donors (Lipinski definition) is 0. The molecule has 0 spiro atoms. The number of ether oxygens (including phenoxy) is 4. The maximum absolute atomic E-state index is 12.3. The molecular formula is C20H28F4N4O6. The number of methoxy groups -OCH3 is 4. The van der Waals surface area contributed by atoms with E-state index in [1.807, 2.05) is 0 Å². The van der Waals surface area contributed by atoms with Gasteiger partial charge in [-0.25, -0.2) is 27.2 Å². The number of halogens is 4. The van der Waals surface area contributed by atoms with Crippen LogP contribution in [0.3, 0.4) is 0 Å². The number of esters is 2. The Morgan fingerprint density at radius 1 is 0.882 bits per heavy atom. The van der Waals surface area contributed by atoms with Crippen molar-refractivity contribution in [3.63, 3.8) is 0 Å². The Kier molecular flexibility index (Phi) is 12.8. The number of hydrogen-bond acceptors (Lipinski definition) is 8. The monoisotopic (exact) mass is 496 g/mol. The third-order valence-electron chi connectivity index (χ3n) is 4.32. The molecule has 2 aromatic heterocycles.